The summed E-state index contributed by atoms with van der Waals surface area (Å²) in [6.45, 7) is 7.01. The van der Waals surface area contributed by atoms with E-state index in [4.69, 9.17) is 4.74 Å². The summed E-state index contributed by atoms with van der Waals surface area (Å²) >= 11 is 0. The third-order valence-electron chi connectivity index (χ3n) is 5.43. The molecule has 1 aromatic carbocycles. The van der Waals surface area contributed by atoms with Gasteiger partial charge in [-0.15, -0.1) is 0 Å². The number of nitrogens with one attached hydrogen (secondary N) is 1. The minimum atomic E-state index is -0.0711. The summed E-state index contributed by atoms with van der Waals surface area (Å²) in [5.74, 6) is 1.02. The van der Waals surface area contributed by atoms with Crippen LogP contribution in [0.25, 0.3) is 0 Å². The van der Waals surface area contributed by atoms with Gasteiger partial charge in [-0.3, -0.25) is 9.69 Å². The number of rotatable bonds is 5. The predicted octanol–water partition coefficient (Wildman–Crippen LogP) is 1.71. The zero-order valence-electron chi connectivity index (χ0n) is 16.3. The molecule has 0 radical (unpaired) electrons. The van der Waals surface area contributed by atoms with Gasteiger partial charge < -0.3 is 19.9 Å². The van der Waals surface area contributed by atoms with Crippen molar-refractivity contribution in [2.45, 2.75) is 25.8 Å². The summed E-state index contributed by atoms with van der Waals surface area (Å²) in [4.78, 5) is 30.7. The molecule has 2 aliphatic rings. The number of piperazine rings is 1. The van der Waals surface area contributed by atoms with E-state index < -0.39 is 0 Å². The van der Waals surface area contributed by atoms with Gasteiger partial charge in [-0.25, -0.2) is 4.79 Å². The summed E-state index contributed by atoms with van der Waals surface area (Å²) in [6.07, 6.45) is 2.23. The second kappa shape index (κ2) is 9.08. The Morgan fingerprint density at radius 3 is 2.22 bits per heavy atom. The number of nitrogens with zero attached hydrogens (tertiary/aromatic N) is 3. The van der Waals surface area contributed by atoms with Crippen LogP contribution >= 0.6 is 0 Å². The van der Waals surface area contributed by atoms with E-state index in [1.54, 1.807) is 7.11 Å². The van der Waals surface area contributed by atoms with Crippen molar-refractivity contribution in [1.29, 1.82) is 0 Å². The average molecular weight is 374 g/mol. The molecule has 1 aromatic rings. The number of urea groups is 1. The highest BCUT2D eigenvalue weighted by Gasteiger charge is 2.25. The van der Waals surface area contributed by atoms with Gasteiger partial charge in [-0.1, -0.05) is 12.1 Å². The first kappa shape index (κ1) is 19.5. The fourth-order valence-corrected chi connectivity index (χ4v) is 3.62. The Morgan fingerprint density at radius 2 is 1.63 bits per heavy atom. The van der Waals surface area contributed by atoms with Crippen molar-refractivity contribution in [2.75, 3.05) is 52.9 Å². The molecule has 2 heterocycles. The first-order valence-corrected chi connectivity index (χ1v) is 9.76. The monoisotopic (exact) mass is 374 g/mol. The minimum Gasteiger partial charge on any atom is -0.497 e. The topological polar surface area (TPSA) is 65.1 Å². The summed E-state index contributed by atoms with van der Waals surface area (Å²) in [7, 11) is 1.64. The minimum absolute atomic E-state index is 0.0520. The average Bonchev–Trinajstić information content (AvgIpc) is 3.23. The summed E-state index contributed by atoms with van der Waals surface area (Å²) in [5.41, 5.74) is 1.04. The lowest BCUT2D eigenvalue weighted by atomic mass is 10.1. The molecule has 2 saturated heterocycles. The van der Waals surface area contributed by atoms with Crippen molar-refractivity contribution in [1.82, 2.24) is 20.0 Å². The molecule has 1 unspecified atom stereocenters. The van der Waals surface area contributed by atoms with E-state index in [0.29, 0.717) is 19.6 Å². The van der Waals surface area contributed by atoms with Crippen molar-refractivity contribution < 1.29 is 14.3 Å². The number of carbonyl (C=O) groups excluding carboxylic acids is 2. The Kier molecular flexibility index (Phi) is 6.55. The fourth-order valence-electron chi connectivity index (χ4n) is 3.62. The summed E-state index contributed by atoms with van der Waals surface area (Å²) < 4.78 is 5.17. The Morgan fingerprint density at radius 1 is 1.00 bits per heavy atom. The number of methoxy groups -OCH3 is 1. The molecular formula is C20H30N4O3. The number of amides is 3. The number of ether oxygens (including phenoxy) is 1. The van der Waals surface area contributed by atoms with Crippen LogP contribution in [0, 0.1) is 0 Å². The summed E-state index contributed by atoms with van der Waals surface area (Å²) in [6, 6.07) is 7.60. The standard InChI is InChI=1S/C20H30N4O3/c1-16(17-5-7-18(27-2)8-6-17)21-20(26)24-13-11-22(12-14-24)15-19(25)23-9-3-4-10-23/h5-8,16H,3-4,9-15H2,1-2H3,(H,21,26). The third-order valence-corrected chi connectivity index (χ3v) is 5.43. The lowest BCUT2D eigenvalue weighted by Gasteiger charge is -2.35. The van der Waals surface area contributed by atoms with E-state index in [0.717, 1.165) is 50.3 Å². The molecule has 2 aliphatic heterocycles. The van der Waals surface area contributed by atoms with Crippen LogP contribution in [0.15, 0.2) is 24.3 Å². The molecule has 1 atom stereocenters. The second-order valence-electron chi connectivity index (χ2n) is 7.30. The van der Waals surface area contributed by atoms with Gasteiger partial charge in [-0.05, 0) is 37.5 Å². The Hall–Kier alpha value is -2.28. The maximum absolute atomic E-state index is 12.5. The van der Waals surface area contributed by atoms with Crippen molar-refractivity contribution in [2.24, 2.45) is 0 Å². The maximum atomic E-state index is 12.5. The van der Waals surface area contributed by atoms with Gasteiger partial charge in [0.25, 0.3) is 0 Å². The van der Waals surface area contributed by atoms with Crippen molar-refractivity contribution in [3.63, 3.8) is 0 Å². The Balaban J connectivity index is 1.42. The van der Waals surface area contributed by atoms with E-state index in [2.05, 4.69) is 10.2 Å². The molecule has 27 heavy (non-hydrogen) atoms. The zero-order valence-corrected chi connectivity index (χ0v) is 16.3. The molecule has 7 nitrogen and oxygen atoms in total. The van der Waals surface area contributed by atoms with Crippen molar-refractivity contribution in [3.05, 3.63) is 29.8 Å². The lowest BCUT2D eigenvalue weighted by Crippen LogP contribution is -2.53. The number of likely N-dealkylation sites (tertiary alicyclic amines) is 1. The van der Waals surface area contributed by atoms with Crippen LogP contribution in [0.4, 0.5) is 4.79 Å². The van der Waals surface area contributed by atoms with E-state index in [9.17, 15) is 9.59 Å². The van der Waals surface area contributed by atoms with Gasteiger partial charge in [0.15, 0.2) is 0 Å². The quantitative estimate of drug-likeness (QED) is 0.852. The summed E-state index contributed by atoms with van der Waals surface area (Å²) in [5, 5.41) is 3.06. The molecule has 0 spiro atoms. The smallest absolute Gasteiger partial charge is 0.317 e. The molecular weight excluding hydrogens is 344 g/mol. The maximum Gasteiger partial charge on any atom is 0.317 e. The number of hydrogen-bond donors (Lipinski definition) is 1. The van der Waals surface area contributed by atoms with Crippen LogP contribution in [0.3, 0.4) is 0 Å². The molecule has 1 N–H and O–H groups in total. The first-order chi connectivity index (χ1) is 13.1. The van der Waals surface area contributed by atoms with Gasteiger partial charge in [0.2, 0.25) is 5.91 Å². The highest BCUT2D eigenvalue weighted by atomic mass is 16.5. The van der Waals surface area contributed by atoms with Gasteiger partial charge in [0.1, 0.15) is 5.75 Å². The highest BCUT2D eigenvalue weighted by Crippen LogP contribution is 2.17. The van der Waals surface area contributed by atoms with Gasteiger partial charge in [0, 0.05) is 39.3 Å². The molecule has 0 saturated carbocycles. The molecule has 148 valence electrons. The predicted molar refractivity (Wildman–Crippen MR) is 104 cm³/mol. The SMILES string of the molecule is COc1ccc(C(C)NC(=O)N2CCN(CC(=O)N3CCCC3)CC2)cc1. The molecule has 3 rings (SSSR count). The van der Waals surface area contributed by atoms with Crippen LogP contribution in [-0.2, 0) is 4.79 Å². The number of carbonyl (C=O) groups is 2. The lowest BCUT2D eigenvalue weighted by molar-refractivity contribution is -0.131. The highest BCUT2D eigenvalue weighted by molar-refractivity contribution is 5.78. The van der Waals surface area contributed by atoms with Crippen LogP contribution in [0.2, 0.25) is 0 Å². The molecule has 7 heteroatoms. The Labute approximate surface area is 161 Å². The van der Waals surface area contributed by atoms with E-state index >= 15 is 0 Å². The van der Waals surface area contributed by atoms with Gasteiger partial charge >= 0.3 is 6.03 Å². The van der Waals surface area contributed by atoms with E-state index in [1.165, 1.54) is 0 Å². The van der Waals surface area contributed by atoms with Crippen molar-refractivity contribution >= 4 is 11.9 Å². The molecule has 0 aliphatic carbocycles. The third kappa shape index (κ3) is 5.13. The van der Waals surface area contributed by atoms with Crippen LogP contribution in [0.1, 0.15) is 31.4 Å². The number of benzene rings is 1. The molecule has 3 amide bonds. The first-order valence-electron chi connectivity index (χ1n) is 9.76. The van der Waals surface area contributed by atoms with Gasteiger partial charge in [-0.2, -0.15) is 0 Å². The largest absolute Gasteiger partial charge is 0.497 e. The van der Waals surface area contributed by atoms with Crippen LogP contribution in [0.5, 0.6) is 5.75 Å². The van der Waals surface area contributed by atoms with Crippen LogP contribution in [-0.4, -0.2) is 79.6 Å². The fraction of sp³-hybridized carbons (Fsp3) is 0.600. The molecule has 0 bridgehead atoms. The van der Waals surface area contributed by atoms with E-state index in [1.807, 2.05) is 41.0 Å². The van der Waals surface area contributed by atoms with Crippen LogP contribution < -0.4 is 10.1 Å². The van der Waals surface area contributed by atoms with Gasteiger partial charge in [0.05, 0.1) is 19.7 Å². The normalized spacial score (nSPS) is 19.0. The van der Waals surface area contributed by atoms with Crippen molar-refractivity contribution in [3.8, 4) is 5.75 Å². The Bertz CT molecular complexity index is 635. The van der Waals surface area contributed by atoms with E-state index in [-0.39, 0.29) is 18.0 Å². The zero-order chi connectivity index (χ0) is 19.2. The second-order valence-corrected chi connectivity index (χ2v) is 7.30. The number of hydrogen-bond acceptors (Lipinski definition) is 4. The molecule has 2 fully saturated rings. The molecule has 0 aromatic heterocycles.